The Balaban J connectivity index is 2.22. The average molecular weight is 393 g/mol. The fraction of sp³-hybridized carbons (Fsp3) is 0.263. The van der Waals surface area contributed by atoms with Gasteiger partial charge in [0.25, 0.3) is 5.91 Å². The molecule has 0 radical (unpaired) electrons. The molecule has 0 saturated heterocycles. The Hall–Kier alpha value is -2.74. The summed E-state index contributed by atoms with van der Waals surface area (Å²) in [5.41, 5.74) is 0.640. The standard InChI is InChI=1S/C19H20FNO5S/c1-12(2)27(25,26)16-9-5-14(6-10-16)19(24)21-17(11-18(22)23)13-3-7-15(20)8-4-13/h3-10,12,17H,11H2,1-2H3,(H,21,24)(H,22,23). The number of carboxylic acids is 1. The van der Waals surface area contributed by atoms with Gasteiger partial charge in [0, 0.05) is 5.56 Å². The molecule has 1 unspecified atom stereocenters. The molecule has 2 rings (SSSR count). The third-order valence-electron chi connectivity index (χ3n) is 4.02. The number of aliphatic carboxylic acids is 1. The highest BCUT2D eigenvalue weighted by atomic mass is 32.2. The molecular weight excluding hydrogens is 373 g/mol. The van der Waals surface area contributed by atoms with Gasteiger partial charge in [0.1, 0.15) is 5.82 Å². The number of carbonyl (C=O) groups is 2. The molecule has 0 spiro atoms. The third-order valence-corrected chi connectivity index (χ3v) is 6.19. The average Bonchev–Trinajstić information content (AvgIpc) is 2.61. The minimum absolute atomic E-state index is 0.106. The molecular formula is C19H20FNO5S. The zero-order valence-electron chi connectivity index (χ0n) is 14.8. The molecule has 2 aromatic carbocycles. The summed E-state index contributed by atoms with van der Waals surface area (Å²) in [7, 11) is -3.45. The summed E-state index contributed by atoms with van der Waals surface area (Å²) in [5.74, 6) is -2.15. The first-order valence-corrected chi connectivity index (χ1v) is 9.78. The number of carbonyl (C=O) groups excluding carboxylic acids is 1. The number of sulfone groups is 1. The summed E-state index contributed by atoms with van der Waals surface area (Å²) in [6.07, 6.45) is -0.378. The molecule has 0 aliphatic rings. The summed E-state index contributed by atoms with van der Waals surface area (Å²) < 4.78 is 37.3. The van der Waals surface area contributed by atoms with Gasteiger partial charge in [-0.3, -0.25) is 9.59 Å². The Labute approximate surface area is 157 Å². The highest BCUT2D eigenvalue weighted by molar-refractivity contribution is 7.92. The number of halogens is 1. The van der Waals surface area contributed by atoms with Crippen LogP contribution >= 0.6 is 0 Å². The maximum atomic E-state index is 13.1. The van der Waals surface area contributed by atoms with Gasteiger partial charge >= 0.3 is 5.97 Å². The van der Waals surface area contributed by atoms with Gasteiger partial charge < -0.3 is 10.4 Å². The highest BCUT2D eigenvalue weighted by Gasteiger charge is 2.21. The van der Waals surface area contributed by atoms with E-state index in [4.69, 9.17) is 5.11 Å². The molecule has 0 heterocycles. The second-order valence-corrected chi connectivity index (χ2v) is 8.80. The van der Waals surface area contributed by atoms with Gasteiger partial charge in [0.05, 0.1) is 22.6 Å². The lowest BCUT2D eigenvalue weighted by Gasteiger charge is -2.18. The second-order valence-electron chi connectivity index (χ2n) is 6.29. The molecule has 0 aliphatic heterocycles. The van der Waals surface area contributed by atoms with Crippen molar-refractivity contribution in [3.63, 3.8) is 0 Å². The predicted octanol–water partition coefficient (Wildman–Crippen LogP) is 2.95. The number of benzene rings is 2. The van der Waals surface area contributed by atoms with Gasteiger partial charge in [-0.25, -0.2) is 12.8 Å². The summed E-state index contributed by atoms with van der Waals surface area (Å²) in [6.45, 7) is 3.13. The summed E-state index contributed by atoms with van der Waals surface area (Å²) in [4.78, 5) is 23.6. The van der Waals surface area contributed by atoms with Crippen molar-refractivity contribution in [1.82, 2.24) is 5.32 Å². The third kappa shape index (κ3) is 5.13. The lowest BCUT2D eigenvalue weighted by atomic mass is 10.0. The molecule has 1 atom stereocenters. The molecule has 6 nitrogen and oxygen atoms in total. The van der Waals surface area contributed by atoms with Crippen LogP contribution in [0.5, 0.6) is 0 Å². The van der Waals surface area contributed by atoms with Gasteiger partial charge in [-0.15, -0.1) is 0 Å². The number of hydrogen-bond donors (Lipinski definition) is 2. The minimum Gasteiger partial charge on any atom is -0.481 e. The molecule has 144 valence electrons. The van der Waals surface area contributed by atoms with Crippen molar-refractivity contribution < 1.29 is 27.5 Å². The zero-order valence-corrected chi connectivity index (χ0v) is 15.7. The van der Waals surface area contributed by atoms with Crippen molar-refractivity contribution in [2.24, 2.45) is 0 Å². The summed E-state index contributed by atoms with van der Waals surface area (Å²) in [5, 5.41) is 11.1. The lowest BCUT2D eigenvalue weighted by Crippen LogP contribution is -2.30. The topological polar surface area (TPSA) is 101 Å². The number of rotatable bonds is 7. The normalized spacial score (nSPS) is 12.6. The van der Waals surface area contributed by atoms with Gasteiger partial charge in [0.2, 0.25) is 0 Å². The van der Waals surface area contributed by atoms with E-state index < -0.39 is 38.8 Å². The number of carboxylic acid groups (broad SMARTS) is 1. The molecule has 0 fully saturated rings. The van der Waals surface area contributed by atoms with E-state index in [1.165, 1.54) is 48.5 Å². The van der Waals surface area contributed by atoms with Crippen LogP contribution in [0.1, 0.15) is 42.2 Å². The SMILES string of the molecule is CC(C)S(=O)(=O)c1ccc(C(=O)NC(CC(=O)O)c2ccc(F)cc2)cc1. The van der Waals surface area contributed by atoms with Gasteiger partial charge in [0.15, 0.2) is 9.84 Å². The van der Waals surface area contributed by atoms with E-state index in [1.54, 1.807) is 13.8 Å². The molecule has 2 N–H and O–H groups in total. The van der Waals surface area contributed by atoms with Crippen LogP contribution in [-0.2, 0) is 14.6 Å². The number of nitrogens with one attached hydrogen (secondary N) is 1. The van der Waals surface area contributed by atoms with Crippen molar-refractivity contribution in [1.29, 1.82) is 0 Å². The zero-order chi connectivity index (χ0) is 20.2. The summed E-state index contributed by atoms with van der Waals surface area (Å²) in [6, 6.07) is 9.74. The van der Waals surface area contributed by atoms with E-state index in [1.807, 2.05) is 0 Å². The van der Waals surface area contributed by atoms with Crippen LogP contribution in [0.4, 0.5) is 4.39 Å². The Morgan fingerprint density at radius 1 is 1.04 bits per heavy atom. The number of amides is 1. The van der Waals surface area contributed by atoms with Crippen LogP contribution in [0.3, 0.4) is 0 Å². The molecule has 0 aliphatic carbocycles. The van der Waals surface area contributed by atoms with Gasteiger partial charge in [-0.2, -0.15) is 0 Å². The first kappa shape index (κ1) is 20.6. The highest BCUT2D eigenvalue weighted by Crippen LogP contribution is 2.20. The van der Waals surface area contributed by atoms with Gasteiger partial charge in [-0.05, 0) is 55.8 Å². The molecule has 1 amide bonds. The first-order chi connectivity index (χ1) is 12.6. The maximum absolute atomic E-state index is 13.1. The molecule has 8 heteroatoms. The smallest absolute Gasteiger partial charge is 0.305 e. The lowest BCUT2D eigenvalue weighted by molar-refractivity contribution is -0.137. The van der Waals surface area contributed by atoms with Crippen molar-refractivity contribution in [2.45, 2.75) is 36.5 Å². The van der Waals surface area contributed by atoms with E-state index in [-0.39, 0.29) is 16.9 Å². The molecule has 0 bridgehead atoms. The van der Waals surface area contributed by atoms with Crippen LogP contribution in [0.25, 0.3) is 0 Å². The van der Waals surface area contributed by atoms with E-state index in [9.17, 15) is 22.4 Å². The van der Waals surface area contributed by atoms with Crippen LogP contribution in [0, 0.1) is 5.82 Å². The fourth-order valence-corrected chi connectivity index (χ4v) is 3.49. The summed E-state index contributed by atoms with van der Waals surface area (Å²) >= 11 is 0. The monoisotopic (exact) mass is 393 g/mol. The fourth-order valence-electron chi connectivity index (χ4n) is 2.43. The molecule has 27 heavy (non-hydrogen) atoms. The molecule has 2 aromatic rings. The molecule has 0 aromatic heterocycles. The van der Waals surface area contributed by atoms with Crippen molar-refractivity contribution >= 4 is 21.7 Å². The quantitative estimate of drug-likeness (QED) is 0.753. The maximum Gasteiger partial charge on any atom is 0.305 e. The van der Waals surface area contributed by atoms with Crippen molar-refractivity contribution in [3.8, 4) is 0 Å². The second kappa shape index (κ2) is 8.30. The Morgan fingerprint density at radius 3 is 2.07 bits per heavy atom. The van der Waals surface area contributed by atoms with Crippen molar-refractivity contribution in [3.05, 3.63) is 65.5 Å². The number of hydrogen-bond acceptors (Lipinski definition) is 4. The van der Waals surface area contributed by atoms with E-state index in [0.29, 0.717) is 5.56 Å². The van der Waals surface area contributed by atoms with Crippen molar-refractivity contribution in [2.75, 3.05) is 0 Å². The Kier molecular flexibility index (Phi) is 6.32. The largest absolute Gasteiger partial charge is 0.481 e. The van der Waals surface area contributed by atoms with E-state index in [0.717, 1.165) is 0 Å². The van der Waals surface area contributed by atoms with Crippen LogP contribution in [-0.4, -0.2) is 30.7 Å². The molecule has 0 saturated carbocycles. The van der Waals surface area contributed by atoms with Crippen LogP contribution in [0.2, 0.25) is 0 Å². The van der Waals surface area contributed by atoms with Crippen LogP contribution < -0.4 is 5.32 Å². The Bertz CT molecular complexity index is 922. The van der Waals surface area contributed by atoms with E-state index >= 15 is 0 Å². The first-order valence-electron chi connectivity index (χ1n) is 8.23. The predicted molar refractivity (Wildman–Crippen MR) is 97.6 cm³/mol. The van der Waals surface area contributed by atoms with Gasteiger partial charge in [-0.1, -0.05) is 12.1 Å². The van der Waals surface area contributed by atoms with E-state index in [2.05, 4.69) is 5.32 Å². The van der Waals surface area contributed by atoms with Crippen LogP contribution in [0.15, 0.2) is 53.4 Å². The Morgan fingerprint density at radius 2 is 1.59 bits per heavy atom. The minimum atomic E-state index is -3.45.